The normalized spacial score (nSPS) is 10.4. The van der Waals surface area contributed by atoms with E-state index in [0.717, 1.165) is 24.2 Å². The van der Waals surface area contributed by atoms with Gasteiger partial charge in [0.25, 0.3) is 0 Å². The van der Waals surface area contributed by atoms with Crippen LogP contribution in [0.4, 0.5) is 0 Å². The van der Waals surface area contributed by atoms with Crippen LogP contribution in [0.25, 0.3) is 10.8 Å². The van der Waals surface area contributed by atoms with Gasteiger partial charge in [-0.25, -0.2) is 0 Å². The molecule has 2 heteroatoms. The van der Waals surface area contributed by atoms with Crippen molar-refractivity contribution in [1.29, 1.82) is 0 Å². The fourth-order valence-corrected chi connectivity index (χ4v) is 3.15. The second kappa shape index (κ2) is 7.73. The number of fused-ring (bicyclic) bond motifs is 1. The molecule has 0 fully saturated rings. The van der Waals surface area contributed by atoms with Crippen LogP contribution in [0.15, 0.2) is 91.0 Å². The van der Waals surface area contributed by atoms with Crippen LogP contribution in [0.2, 0.25) is 0 Å². The summed E-state index contributed by atoms with van der Waals surface area (Å²) in [5.41, 5.74) is 4.88. The largest absolute Gasteiger partial charge is 0.412 e. The highest BCUT2D eigenvalue weighted by molar-refractivity contribution is 5.85. The first-order valence-corrected chi connectivity index (χ1v) is 8.34. The number of pyridine rings is 1. The van der Waals surface area contributed by atoms with Gasteiger partial charge in [0.15, 0.2) is 0 Å². The van der Waals surface area contributed by atoms with Gasteiger partial charge in [-0.05, 0) is 22.6 Å². The summed E-state index contributed by atoms with van der Waals surface area (Å²) in [6.45, 7) is 0. The molecule has 0 amide bonds. The molecule has 4 rings (SSSR count). The molecule has 124 valence electrons. The number of hydrogen-bond acceptors (Lipinski definition) is 1. The van der Waals surface area contributed by atoms with Crippen molar-refractivity contribution in [3.05, 3.63) is 114 Å². The molecule has 1 aromatic heterocycles. The molecule has 3 aromatic carbocycles. The lowest BCUT2D eigenvalue weighted by molar-refractivity contribution is 0.824. The van der Waals surface area contributed by atoms with Gasteiger partial charge in [-0.3, -0.25) is 4.98 Å². The lowest BCUT2D eigenvalue weighted by atomic mass is 10.0. The molecule has 0 unspecified atom stereocenters. The van der Waals surface area contributed by atoms with E-state index in [9.17, 15) is 0 Å². The van der Waals surface area contributed by atoms with Crippen molar-refractivity contribution in [3.63, 3.8) is 0 Å². The van der Waals surface area contributed by atoms with E-state index in [4.69, 9.17) is 4.98 Å². The van der Waals surface area contributed by atoms with Crippen LogP contribution in [-0.2, 0) is 12.8 Å². The highest BCUT2D eigenvalue weighted by Gasteiger charge is 2.07. The van der Waals surface area contributed by atoms with Crippen molar-refractivity contribution in [2.24, 2.45) is 0 Å². The summed E-state index contributed by atoms with van der Waals surface area (Å²) >= 11 is 0. The van der Waals surface area contributed by atoms with Crippen molar-refractivity contribution < 1.29 is 5.48 Å². The van der Waals surface area contributed by atoms with Crippen LogP contribution in [-0.4, -0.2) is 10.5 Å². The molecule has 0 aliphatic rings. The minimum Gasteiger partial charge on any atom is -0.412 e. The van der Waals surface area contributed by atoms with E-state index in [2.05, 4.69) is 91.0 Å². The standard InChI is InChI=1S/C23H19N.H2O/c1-3-9-18(10-4-1)15-21-17-20-13-7-8-14-22(20)23(24-21)16-19-11-5-2-6-12-19;/h1-14,17H,15-16H2;1H2. The van der Waals surface area contributed by atoms with Crippen molar-refractivity contribution in [3.8, 4) is 0 Å². The first-order chi connectivity index (χ1) is 11.9. The zero-order chi connectivity index (χ0) is 16.2. The van der Waals surface area contributed by atoms with E-state index in [1.165, 1.54) is 21.9 Å². The van der Waals surface area contributed by atoms with Crippen molar-refractivity contribution in [2.45, 2.75) is 12.8 Å². The summed E-state index contributed by atoms with van der Waals surface area (Å²) in [6.07, 6.45) is 1.73. The zero-order valence-corrected chi connectivity index (χ0v) is 14.0. The van der Waals surface area contributed by atoms with Gasteiger partial charge in [-0.2, -0.15) is 0 Å². The third-order valence-corrected chi connectivity index (χ3v) is 4.31. The second-order valence-corrected chi connectivity index (χ2v) is 6.11. The minimum absolute atomic E-state index is 0. The average Bonchev–Trinajstić information content (AvgIpc) is 2.63. The molecule has 25 heavy (non-hydrogen) atoms. The van der Waals surface area contributed by atoms with Crippen LogP contribution >= 0.6 is 0 Å². The van der Waals surface area contributed by atoms with Crippen molar-refractivity contribution in [1.82, 2.24) is 4.98 Å². The first-order valence-electron chi connectivity index (χ1n) is 8.34. The molecule has 0 atom stereocenters. The van der Waals surface area contributed by atoms with Gasteiger partial charge in [0.05, 0.1) is 5.69 Å². The lowest BCUT2D eigenvalue weighted by Crippen LogP contribution is -2.00. The lowest BCUT2D eigenvalue weighted by Gasteiger charge is -2.10. The van der Waals surface area contributed by atoms with Gasteiger partial charge in [-0.1, -0.05) is 84.9 Å². The number of nitrogens with zero attached hydrogens (tertiary/aromatic N) is 1. The van der Waals surface area contributed by atoms with E-state index in [1.807, 2.05) is 0 Å². The minimum atomic E-state index is 0. The Hall–Kier alpha value is -2.97. The van der Waals surface area contributed by atoms with Gasteiger partial charge >= 0.3 is 0 Å². The zero-order valence-electron chi connectivity index (χ0n) is 14.0. The topological polar surface area (TPSA) is 44.4 Å². The molecule has 0 saturated heterocycles. The summed E-state index contributed by atoms with van der Waals surface area (Å²) in [6, 6.07) is 31.9. The predicted molar refractivity (Wildman–Crippen MR) is 104 cm³/mol. The summed E-state index contributed by atoms with van der Waals surface area (Å²) in [5, 5.41) is 2.52. The Kier molecular flexibility index (Phi) is 5.22. The Labute approximate surface area is 148 Å². The third kappa shape index (κ3) is 3.93. The van der Waals surface area contributed by atoms with Crippen LogP contribution in [0, 0.1) is 0 Å². The maximum absolute atomic E-state index is 4.99. The maximum Gasteiger partial charge on any atom is 0.0529 e. The molecule has 0 aliphatic carbocycles. The van der Waals surface area contributed by atoms with Gasteiger partial charge < -0.3 is 5.48 Å². The van der Waals surface area contributed by atoms with E-state index in [0.29, 0.717) is 0 Å². The highest BCUT2D eigenvalue weighted by atomic mass is 16.0. The molecule has 2 nitrogen and oxygen atoms in total. The SMILES string of the molecule is O.c1ccc(Cc2cc3ccccc3c(Cc3ccccc3)n2)cc1. The molecule has 2 N–H and O–H groups in total. The second-order valence-electron chi connectivity index (χ2n) is 6.11. The molecular formula is C23H21NO. The molecule has 1 heterocycles. The summed E-state index contributed by atoms with van der Waals surface area (Å²) in [4.78, 5) is 4.99. The van der Waals surface area contributed by atoms with Crippen molar-refractivity contribution >= 4 is 10.8 Å². The first kappa shape index (κ1) is 16.9. The summed E-state index contributed by atoms with van der Waals surface area (Å²) in [7, 11) is 0. The van der Waals surface area contributed by atoms with Crippen molar-refractivity contribution in [2.75, 3.05) is 0 Å². The van der Waals surface area contributed by atoms with Gasteiger partial charge in [-0.15, -0.1) is 0 Å². The van der Waals surface area contributed by atoms with Gasteiger partial charge in [0.1, 0.15) is 0 Å². The Bertz CT molecular complexity index is 949. The molecular weight excluding hydrogens is 306 g/mol. The number of aromatic nitrogens is 1. The quantitative estimate of drug-likeness (QED) is 0.540. The van der Waals surface area contributed by atoms with Crippen LogP contribution in [0.1, 0.15) is 22.5 Å². The molecule has 0 bridgehead atoms. The number of rotatable bonds is 4. The van der Waals surface area contributed by atoms with E-state index < -0.39 is 0 Å². The maximum atomic E-state index is 4.99. The predicted octanol–water partition coefficient (Wildman–Crippen LogP) is 4.59. The Morgan fingerprint density at radius 2 is 1.16 bits per heavy atom. The fourth-order valence-electron chi connectivity index (χ4n) is 3.15. The molecule has 0 spiro atoms. The molecule has 0 aliphatic heterocycles. The van der Waals surface area contributed by atoms with Crippen LogP contribution in [0.5, 0.6) is 0 Å². The van der Waals surface area contributed by atoms with E-state index in [-0.39, 0.29) is 5.48 Å². The van der Waals surface area contributed by atoms with Gasteiger partial charge in [0.2, 0.25) is 0 Å². The average molecular weight is 327 g/mol. The van der Waals surface area contributed by atoms with Crippen LogP contribution in [0.3, 0.4) is 0 Å². The smallest absolute Gasteiger partial charge is 0.0529 e. The molecule has 4 aromatic rings. The number of benzene rings is 3. The monoisotopic (exact) mass is 327 g/mol. The summed E-state index contributed by atoms with van der Waals surface area (Å²) in [5.74, 6) is 0. The van der Waals surface area contributed by atoms with E-state index >= 15 is 0 Å². The third-order valence-electron chi connectivity index (χ3n) is 4.31. The van der Waals surface area contributed by atoms with E-state index in [1.54, 1.807) is 0 Å². The summed E-state index contributed by atoms with van der Waals surface area (Å²) < 4.78 is 0. The number of hydrogen-bond donors (Lipinski definition) is 0. The Morgan fingerprint density at radius 1 is 0.600 bits per heavy atom. The van der Waals surface area contributed by atoms with Gasteiger partial charge in [0, 0.05) is 23.9 Å². The Balaban J connectivity index is 0.00000182. The molecule has 0 radical (unpaired) electrons. The van der Waals surface area contributed by atoms with Crippen LogP contribution < -0.4 is 0 Å². The highest BCUT2D eigenvalue weighted by Crippen LogP contribution is 2.22. The molecule has 0 saturated carbocycles. The fraction of sp³-hybridized carbons (Fsp3) is 0.0870. The Morgan fingerprint density at radius 3 is 1.84 bits per heavy atom.